The van der Waals surface area contributed by atoms with E-state index in [1.165, 1.54) is 0 Å². The van der Waals surface area contributed by atoms with Crippen molar-refractivity contribution in [3.05, 3.63) is 87.4 Å². The van der Waals surface area contributed by atoms with Crippen molar-refractivity contribution in [2.75, 3.05) is 5.32 Å². The van der Waals surface area contributed by atoms with Crippen LogP contribution in [0.4, 0.5) is 5.69 Å². The van der Waals surface area contributed by atoms with Gasteiger partial charge in [-0.25, -0.2) is 0 Å². The first-order valence-electron chi connectivity index (χ1n) is 7.60. The summed E-state index contributed by atoms with van der Waals surface area (Å²) in [5.74, 6) is 0.125. The Labute approximate surface area is 158 Å². The molecule has 0 saturated carbocycles. The van der Waals surface area contributed by atoms with Crippen LogP contribution in [0.25, 0.3) is 0 Å². The Hall–Kier alpha value is -2.61. The summed E-state index contributed by atoms with van der Waals surface area (Å²) in [6, 6.07) is 17.7. The SMILES string of the molecule is O=C(Nc1ccccc1C(=O)NCc1ccco1)c1ccccc1I. The Bertz CT molecular complexity index is 891. The van der Waals surface area contributed by atoms with Crippen LogP contribution in [0.5, 0.6) is 0 Å². The fourth-order valence-corrected chi connectivity index (χ4v) is 2.93. The standard InChI is InChI=1S/C19H15IN2O3/c20-16-9-3-1-7-14(16)19(24)22-17-10-4-2-8-15(17)18(23)21-12-13-6-5-11-25-13/h1-11H,12H2,(H,21,23)(H,22,24). The van der Waals surface area contributed by atoms with Crippen LogP contribution < -0.4 is 10.6 Å². The highest BCUT2D eigenvalue weighted by Crippen LogP contribution is 2.18. The van der Waals surface area contributed by atoms with E-state index in [4.69, 9.17) is 4.42 Å². The molecule has 6 heteroatoms. The minimum absolute atomic E-state index is 0.253. The van der Waals surface area contributed by atoms with E-state index in [-0.39, 0.29) is 18.4 Å². The molecule has 0 radical (unpaired) electrons. The zero-order chi connectivity index (χ0) is 17.6. The number of nitrogens with one attached hydrogen (secondary N) is 2. The Kier molecular flexibility index (Phi) is 5.49. The van der Waals surface area contributed by atoms with E-state index in [1.54, 1.807) is 54.8 Å². The number of anilines is 1. The second-order valence-corrected chi connectivity index (χ2v) is 6.40. The maximum absolute atomic E-state index is 12.5. The molecule has 2 amide bonds. The summed E-state index contributed by atoms with van der Waals surface area (Å²) in [5.41, 5.74) is 1.42. The number of hydrogen-bond donors (Lipinski definition) is 2. The van der Waals surface area contributed by atoms with Gasteiger partial charge in [0, 0.05) is 3.57 Å². The topological polar surface area (TPSA) is 71.3 Å². The molecule has 0 spiro atoms. The highest BCUT2D eigenvalue weighted by molar-refractivity contribution is 14.1. The number of hydrogen-bond acceptors (Lipinski definition) is 3. The molecule has 0 unspecified atom stereocenters. The van der Waals surface area contributed by atoms with Gasteiger partial charge in [0.1, 0.15) is 5.76 Å². The summed E-state index contributed by atoms with van der Waals surface area (Å²) in [5, 5.41) is 5.59. The zero-order valence-corrected chi connectivity index (χ0v) is 15.3. The van der Waals surface area contributed by atoms with Gasteiger partial charge in [-0.2, -0.15) is 0 Å². The van der Waals surface area contributed by atoms with Crippen LogP contribution in [0, 0.1) is 3.57 Å². The quantitative estimate of drug-likeness (QED) is 0.581. The fraction of sp³-hybridized carbons (Fsp3) is 0.0526. The minimum atomic E-state index is -0.282. The average Bonchev–Trinajstić information content (AvgIpc) is 3.14. The van der Waals surface area contributed by atoms with Crippen molar-refractivity contribution < 1.29 is 14.0 Å². The molecule has 2 N–H and O–H groups in total. The molecular formula is C19H15IN2O3. The van der Waals surface area contributed by atoms with Gasteiger partial charge in [-0.05, 0) is 59.0 Å². The van der Waals surface area contributed by atoms with Crippen molar-refractivity contribution in [1.29, 1.82) is 0 Å². The summed E-state index contributed by atoms with van der Waals surface area (Å²) < 4.78 is 6.05. The predicted octanol–water partition coefficient (Wildman–Crippen LogP) is 4.07. The van der Waals surface area contributed by atoms with Crippen LogP contribution in [0.2, 0.25) is 0 Å². The van der Waals surface area contributed by atoms with Gasteiger partial charge >= 0.3 is 0 Å². The normalized spacial score (nSPS) is 10.3. The van der Waals surface area contributed by atoms with Crippen molar-refractivity contribution in [3.63, 3.8) is 0 Å². The first kappa shape index (κ1) is 17.2. The van der Waals surface area contributed by atoms with Gasteiger partial charge in [-0.1, -0.05) is 24.3 Å². The molecule has 0 saturated heterocycles. The Morgan fingerprint density at radius 1 is 0.880 bits per heavy atom. The molecular weight excluding hydrogens is 431 g/mol. The molecule has 126 valence electrons. The first-order chi connectivity index (χ1) is 12.1. The first-order valence-corrected chi connectivity index (χ1v) is 8.68. The zero-order valence-electron chi connectivity index (χ0n) is 13.2. The van der Waals surface area contributed by atoms with Gasteiger partial charge in [0.15, 0.2) is 0 Å². The van der Waals surface area contributed by atoms with Gasteiger partial charge in [0.05, 0.1) is 29.6 Å². The molecule has 1 heterocycles. The number of carbonyl (C=O) groups is 2. The van der Waals surface area contributed by atoms with E-state index in [0.717, 1.165) is 3.57 Å². The Balaban J connectivity index is 1.75. The molecule has 2 aromatic carbocycles. The number of rotatable bonds is 5. The monoisotopic (exact) mass is 446 g/mol. The smallest absolute Gasteiger partial charge is 0.256 e. The van der Waals surface area contributed by atoms with Crippen molar-refractivity contribution >= 4 is 40.1 Å². The Morgan fingerprint density at radius 3 is 2.32 bits per heavy atom. The average molecular weight is 446 g/mol. The molecule has 0 bridgehead atoms. The summed E-state index contributed by atoms with van der Waals surface area (Å²) in [6.45, 7) is 0.282. The van der Waals surface area contributed by atoms with Crippen LogP contribution in [0.15, 0.2) is 71.3 Å². The summed E-state index contributed by atoms with van der Waals surface area (Å²) in [4.78, 5) is 24.9. The molecule has 0 fully saturated rings. The third kappa shape index (κ3) is 4.27. The van der Waals surface area contributed by atoms with E-state index in [0.29, 0.717) is 22.6 Å². The summed E-state index contributed by atoms with van der Waals surface area (Å²) in [6.07, 6.45) is 1.55. The van der Waals surface area contributed by atoms with Gasteiger partial charge < -0.3 is 15.1 Å². The van der Waals surface area contributed by atoms with Crippen LogP contribution in [0.1, 0.15) is 26.5 Å². The largest absolute Gasteiger partial charge is 0.467 e. The maximum Gasteiger partial charge on any atom is 0.256 e. The maximum atomic E-state index is 12.5. The van der Waals surface area contributed by atoms with E-state index >= 15 is 0 Å². The second-order valence-electron chi connectivity index (χ2n) is 5.24. The number of amides is 2. The van der Waals surface area contributed by atoms with E-state index in [1.807, 2.05) is 12.1 Å². The lowest BCUT2D eigenvalue weighted by molar-refractivity contribution is 0.0949. The number of para-hydroxylation sites is 1. The third-order valence-corrected chi connectivity index (χ3v) is 4.48. The van der Waals surface area contributed by atoms with Crippen LogP contribution in [-0.2, 0) is 6.54 Å². The van der Waals surface area contributed by atoms with Crippen LogP contribution in [-0.4, -0.2) is 11.8 Å². The molecule has 0 aliphatic carbocycles. The lowest BCUT2D eigenvalue weighted by atomic mass is 10.1. The molecule has 0 aliphatic rings. The number of benzene rings is 2. The van der Waals surface area contributed by atoms with Crippen LogP contribution >= 0.6 is 22.6 Å². The van der Waals surface area contributed by atoms with E-state index in [9.17, 15) is 9.59 Å². The van der Waals surface area contributed by atoms with E-state index in [2.05, 4.69) is 33.2 Å². The molecule has 0 aliphatic heterocycles. The van der Waals surface area contributed by atoms with Crippen molar-refractivity contribution in [2.45, 2.75) is 6.54 Å². The fourth-order valence-electron chi connectivity index (χ4n) is 2.30. The lowest BCUT2D eigenvalue weighted by Crippen LogP contribution is -2.24. The van der Waals surface area contributed by atoms with Gasteiger partial charge in [-0.3, -0.25) is 9.59 Å². The van der Waals surface area contributed by atoms with Crippen LogP contribution in [0.3, 0.4) is 0 Å². The van der Waals surface area contributed by atoms with E-state index < -0.39 is 0 Å². The highest BCUT2D eigenvalue weighted by Gasteiger charge is 2.15. The molecule has 1 aromatic heterocycles. The Morgan fingerprint density at radius 2 is 1.60 bits per heavy atom. The highest BCUT2D eigenvalue weighted by atomic mass is 127. The van der Waals surface area contributed by atoms with Gasteiger partial charge in [0.25, 0.3) is 11.8 Å². The minimum Gasteiger partial charge on any atom is -0.467 e. The molecule has 3 aromatic rings. The van der Waals surface area contributed by atoms with Gasteiger partial charge in [-0.15, -0.1) is 0 Å². The van der Waals surface area contributed by atoms with Gasteiger partial charge in [0.2, 0.25) is 0 Å². The molecule has 5 nitrogen and oxygen atoms in total. The lowest BCUT2D eigenvalue weighted by Gasteiger charge is -2.11. The number of halogens is 1. The molecule has 0 atom stereocenters. The second kappa shape index (κ2) is 7.98. The third-order valence-electron chi connectivity index (χ3n) is 3.54. The van der Waals surface area contributed by atoms with Crippen molar-refractivity contribution in [3.8, 4) is 0 Å². The predicted molar refractivity (Wildman–Crippen MR) is 103 cm³/mol. The number of carbonyl (C=O) groups excluding carboxylic acids is 2. The van der Waals surface area contributed by atoms with Crippen molar-refractivity contribution in [1.82, 2.24) is 5.32 Å². The summed E-state index contributed by atoms with van der Waals surface area (Å²) >= 11 is 2.11. The molecule has 3 rings (SSSR count). The van der Waals surface area contributed by atoms with Crippen molar-refractivity contribution in [2.24, 2.45) is 0 Å². The molecule has 25 heavy (non-hydrogen) atoms. The number of furan rings is 1. The summed E-state index contributed by atoms with van der Waals surface area (Å²) in [7, 11) is 0.